The number of hydrazone groups is 1. The Balaban J connectivity index is 1.26. The molecule has 3 heterocycles. The number of rotatable bonds is 5. The molecule has 3 atom stereocenters. The Hall–Kier alpha value is -3.28. The normalized spacial score (nSPS) is 24.5. The molecule has 1 saturated heterocycles. The van der Waals surface area contributed by atoms with Crippen LogP contribution in [-0.2, 0) is 0 Å². The molecule has 176 valence electrons. The van der Waals surface area contributed by atoms with Gasteiger partial charge in [0.1, 0.15) is 0 Å². The van der Waals surface area contributed by atoms with Crippen LogP contribution in [0.5, 0.6) is 0 Å². The van der Waals surface area contributed by atoms with Gasteiger partial charge in [-0.2, -0.15) is 10.4 Å². The molecule has 2 fully saturated rings. The molecule has 2 aliphatic heterocycles. The number of anilines is 1. The molecule has 8 heteroatoms. The maximum absolute atomic E-state index is 13.1. The van der Waals surface area contributed by atoms with Crippen molar-refractivity contribution in [3.05, 3.63) is 58.8 Å². The summed E-state index contributed by atoms with van der Waals surface area (Å²) in [5.41, 5.74) is 2.98. The zero-order valence-electron chi connectivity index (χ0n) is 19.6. The van der Waals surface area contributed by atoms with E-state index >= 15 is 0 Å². The minimum absolute atomic E-state index is 0.00417. The lowest BCUT2D eigenvalue weighted by Gasteiger charge is -2.37. The van der Waals surface area contributed by atoms with E-state index < -0.39 is 6.23 Å². The summed E-state index contributed by atoms with van der Waals surface area (Å²) in [6, 6.07) is 12.2. The van der Waals surface area contributed by atoms with Crippen molar-refractivity contribution in [2.24, 2.45) is 5.10 Å². The van der Waals surface area contributed by atoms with Crippen LogP contribution in [0.1, 0.15) is 58.6 Å². The van der Waals surface area contributed by atoms with E-state index in [-0.39, 0.29) is 11.8 Å². The molecule has 1 aromatic carbocycles. The maximum atomic E-state index is 13.1. The van der Waals surface area contributed by atoms with Gasteiger partial charge in [-0.25, -0.2) is 9.99 Å². The number of piperidine rings is 1. The Morgan fingerprint density at radius 1 is 1.21 bits per heavy atom. The van der Waals surface area contributed by atoms with Crippen molar-refractivity contribution in [3.63, 3.8) is 0 Å². The fourth-order valence-corrected chi connectivity index (χ4v) is 5.08. The van der Waals surface area contributed by atoms with Gasteiger partial charge in [0.05, 0.1) is 23.1 Å². The van der Waals surface area contributed by atoms with Crippen LogP contribution < -0.4 is 5.01 Å². The topological polar surface area (TPSA) is 96.1 Å². The summed E-state index contributed by atoms with van der Waals surface area (Å²) < 4.78 is 0. The zero-order chi connectivity index (χ0) is 23.8. The number of aliphatic hydroxyl groups excluding tert-OH is 1. The lowest BCUT2D eigenvalue weighted by Crippen LogP contribution is -2.49. The van der Waals surface area contributed by atoms with Crippen LogP contribution in [0.4, 0.5) is 5.82 Å². The Kier molecular flexibility index (Phi) is 6.07. The molecule has 5 rings (SSSR count). The average Bonchev–Trinajstić information content (AvgIpc) is 3.65. The molecule has 2 aromatic rings. The number of nitriles is 1. The third-order valence-electron chi connectivity index (χ3n) is 7.29. The standard InChI is InChI=1S/C26H30N6O2/c1-17-12-18(13-27)5-9-22(17)23-15-29-32(26(23)34)24-10-6-19(14-28-24)25(33)31-11-3-4-21(16-31)30(2)20-7-8-20/h5-6,9-10,12,14-15,20-21,23,26,34H,3-4,7-8,11,16H2,1-2H3. The molecule has 1 aromatic heterocycles. The van der Waals surface area contributed by atoms with E-state index in [9.17, 15) is 9.90 Å². The minimum atomic E-state index is -0.915. The van der Waals surface area contributed by atoms with Crippen molar-refractivity contribution in [1.29, 1.82) is 5.26 Å². The molecular weight excluding hydrogens is 428 g/mol. The van der Waals surface area contributed by atoms with Gasteiger partial charge in [0.25, 0.3) is 5.91 Å². The number of hydrogen-bond donors (Lipinski definition) is 1. The number of likely N-dealkylation sites (tertiary alicyclic amines) is 1. The number of benzene rings is 1. The highest BCUT2D eigenvalue weighted by atomic mass is 16.3. The number of aryl methyl sites for hydroxylation is 1. The van der Waals surface area contributed by atoms with E-state index in [0.29, 0.717) is 29.0 Å². The van der Waals surface area contributed by atoms with Crippen molar-refractivity contribution >= 4 is 17.9 Å². The first-order valence-electron chi connectivity index (χ1n) is 12.0. The second-order valence-corrected chi connectivity index (χ2v) is 9.58. The van der Waals surface area contributed by atoms with Gasteiger partial charge in [0.2, 0.25) is 0 Å². The van der Waals surface area contributed by atoms with Crippen molar-refractivity contribution in [2.45, 2.75) is 56.8 Å². The van der Waals surface area contributed by atoms with E-state index in [4.69, 9.17) is 5.26 Å². The van der Waals surface area contributed by atoms with Gasteiger partial charge >= 0.3 is 0 Å². The van der Waals surface area contributed by atoms with Crippen LogP contribution >= 0.6 is 0 Å². The highest BCUT2D eigenvalue weighted by molar-refractivity contribution is 5.94. The average molecular weight is 459 g/mol. The predicted octanol–water partition coefficient (Wildman–Crippen LogP) is 2.87. The number of aromatic nitrogens is 1. The fourth-order valence-electron chi connectivity index (χ4n) is 5.08. The van der Waals surface area contributed by atoms with Gasteiger partial charge in [-0.15, -0.1) is 0 Å². The van der Waals surface area contributed by atoms with Crippen molar-refractivity contribution in [1.82, 2.24) is 14.8 Å². The molecule has 1 N–H and O–H groups in total. The summed E-state index contributed by atoms with van der Waals surface area (Å²) in [7, 11) is 2.18. The van der Waals surface area contributed by atoms with Gasteiger partial charge in [-0.1, -0.05) is 6.07 Å². The predicted molar refractivity (Wildman–Crippen MR) is 130 cm³/mol. The highest BCUT2D eigenvalue weighted by Crippen LogP contribution is 2.32. The molecular formula is C26H30N6O2. The van der Waals surface area contributed by atoms with Crippen LogP contribution in [-0.4, -0.2) is 70.5 Å². The molecule has 0 bridgehead atoms. The van der Waals surface area contributed by atoms with E-state index in [1.165, 1.54) is 17.9 Å². The van der Waals surface area contributed by atoms with Gasteiger partial charge in [-0.05, 0) is 75.0 Å². The van der Waals surface area contributed by atoms with E-state index in [2.05, 4.69) is 28.1 Å². The highest BCUT2D eigenvalue weighted by Gasteiger charge is 2.35. The molecule has 3 aliphatic rings. The number of pyridine rings is 1. The van der Waals surface area contributed by atoms with E-state index in [1.54, 1.807) is 30.6 Å². The molecule has 1 saturated carbocycles. The van der Waals surface area contributed by atoms with Crippen LogP contribution in [0, 0.1) is 18.3 Å². The van der Waals surface area contributed by atoms with Gasteiger partial charge in [0, 0.05) is 37.6 Å². The van der Waals surface area contributed by atoms with Crippen LogP contribution in [0.15, 0.2) is 41.6 Å². The van der Waals surface area contributed by atoms with Crippen LogP contribution in [0.25, 0.3) is 0 Å². The number of carbonyl (C=O) groups excluding carboxylic acids is 1. The first-order chi connectivity index (χ1) is 16.5. The third kappa shape index (κ3) is 4.29. The summed E-state index contributed by atoms with van der Waals surface area (Å²) in [6.45, 7) is 3.45. The van der Waals surface area contributed by atoms with Crippen molar-refractivity contribution in [2.75, 3.05) is 25.1 Å². The quantitative estimate of drug-likeness (QED) is 0.740. The second-order valence-electron chi connectivity index (χ2n) is 9.58. The Morgan fingerprint density at radius 2 is 2.03 bits per heavy atom. The smallest absolute Gasteiger partial charge is 0.255 e. The SMILES string of the molecule is Cc1cc(C#N)ccc1C1C=NN(c2ccc(C(=O)N3CCCC(N(C)C4CC4)C3)cn2)C1O. The van der Waals surface area contributed by atoms with Gasteiger partial charge < -0.3 is 10.0 Å². The number of carbonyl (C=O) groups is 1. The molecule has 1 aliphatic carbocycles. The number of likely N-dealkylation sites (N-methyl/N-ethyl adjacent to an activating group) is 1. The van der Waals surface area contributed by atoms with Crippen molar-refractivity contribution < 1.29 is 9.90 Å². The zero-order valence-corrected chi connectivity index (χ0v) is 19.6. The minimum Gasteiger partial charge on any atom is -0.371 e. The monoisotopic (exact) mass is 458 g/mol. The van der Waals surface area contributed by atoms with E-state index in [0.717, 1.165) is 37.1 Å². The van der Waals surface area contributed by atoms with Crippen LogP contribution in [0.2, 0.25) is 0 Å². The molecule has 34 heavy (non-hydrogen) atoms. The first-order valence-corrected chi connectivity index (χ1v) is 12.0. The van der Waals surface area contributed by atoms with Gasteiger partial charge in [0.15, 0.2) is 12.0 Å². The first kappa shape index (κ1) is 22.5. The molecule has 0 radical (unpaired) electrons. The summed E-state index contributed by atoms with van der Waals surface area (Å²) in [5, 5.41) is 25.9. The van der Waals surface area contributed by atoms with Gasteiger partial charge in [-0.3, -0.25) is 9.69 Å². The fraction of sp³-hybridized carbons (Fsp3) is 0.462. The van der Waals surface area contributed by atoms with E-state index in [1.807, 2.05) is 24.0 Å². The summed E-state index contributed by atoms with van der Waals surface area (Å²) >= 11 is 0. The Morgan fingerprint density at radius 3 is 2.71 bits per heavy atom. The largest absolute Gasteiger partial charge is 0.371 e. The molecule has 3 unspecified atom stereocenters. The lowest BCUT2D eigenvalue weighted by atomic mass is 9.93. The Labute approximate surface area is 200 Å². The summed E-state index contributed by atoms with van der Waals surface area (Å²) in [4.78, 5) is 22.0. The van der Waals surface area contributed by atoms with Crippen molar-refractivity contribution in [3.8, 4) is 6.07 Å². The number of aliphatic hydroxyl groups is 1. The second kappa shape index (κ2) is 9.16. The number of nitrogens with zero attached hydrogens (tertiary/aromatic N) is 6. The molecule has 8 nitrogen and oxygen atoms in total. The maximum Gasteiger partial charge on any atom is 0.255 e. The summed E-state index contributed by atoms with van der Waals surface area (Å²) in [5.74, 6) is 0.160. The molecule has 0 spiro atoms. The Bertz CT molecular complexity index is 1140. The number of hydrogen-bond acceptors (Lipinski definition) is 7. The molecule has 1 amide bonds. The summed E-state index contributed by atoms with van der Waals surface area (Å²) in [6.07, 6.45) is 7.05. The lowest BCUT2D eigenvalue weighted by molar-refractivity contribution is 0.0600. The third-order valence-corrected chi connectivity index (χ3v) is 7.29. The number of amides is 1. The van der Waals surface area contributed by atoms with Crippen LogP contribution in [0.3, 0.4) is 0 Å².